The molecule has 0 aliphatic rings. The summed E-state index contributed by atoms with van der Waals surface area (Å²) < 4.78 is 12.0. The fourth-order valence-corrected chi connectivity index (χ4v) is 3.63. The molecule has 6 heteroatoms. The first kappa shape index (κ1) is 23.0. The number of hydrogen-bond acceptors (Lipinski definition) is 3. The zero-order valence-corrected chi connectivity index (χ0v) is 19.3. The van der Waals surface area contributed by atoms with Crippen molar-refractivity contribution in [2.24, 2.45) is 0 Å². The summed E-state index contributed by atoms with van der Waals surface area (Å²) in [6.45, 7) is 18.5. The van der Waals surface area contributed by atoms with Crippen molar-refractivity contribution >= 4 is 26.0 Å². The summed E-state index contributed by atoms with van der Waals surface area (Å²) in [5.41, 5.74) is 0.447. The first-order valence-electron chi connectivity index (χ1n) is 9.05. The third-order valence-electron chi connectivity index (χ3n) is 4.62. The average Bonchev–Trinajstić information content (AvgIpc) is 2.42. The van der Waals surface area contributed by atoms with Gasteiger partial charge >= 0.3 is 6.09 Å². The van der Waals surface area contributed by atoms with E-state index in [1.807, 2.05) is 52.0 Å². The van der Waals surface area contributed by atoms with Crippen molar-refractivity contribution in [3.8, 4) is 0 Å². The second-order valence-electron chi connectivity index (χ2n) is 9.29. The monoisotopic (exact) mass is 399 g/mol. The lowest BCUT2D eigenvalue weighted by molar-refractivity contribution is 0.0445. The minimum absolute atomic E-state index is 0.0588. The van der Waals surface area contributed by atoms with Gasteiger partial charge in [-0.2, -0.15) is 0 Å². The van der Waals surface area contributed by atoms with E-state index in [9.17, 15) is 4.79 Å². The molecule has 0 spiro atoms. The van der Waals surface area contributed by atoms with Crippen molar-refractivity contribution in [3.63, 3.8) is 0 Å². The highest BCUT2D eigenvalue weighted by Crippen LogP contribution is 2.40. The van der Waals surface area contributed by atoms with Gasteiger partial charge in [0.1, 0.15) is 5.60 Å². The highest BCUT2D eigenvalue weighted by molar-refractivity contribution is 6.74. The molecule has 4 nitrogen and oxygen atoms in total. The molecule has 1 aromatic carbocycles. The lowest BCUT2D eigenvalue weighted by Gasteiger charge is -2.41. The fraction of sp³-hybridized carbons (Fsp3) is 0.650. The van der Waals surface area contributed by atoms with Crippen LogP contribution in [0.1, 0.15) is 60.1 Å². The highest BCUT2D eigenvalue weighted by atomic mass is 35.5. The number of hydrogen-bond donors (Lipinski definition) is 1. The molecule has 148 valence electrons. The van der Waals surface area contributed by atoms with Crippen LogP contribution >= 0.6 is 11.6 Å². The molecule has 1 amide bonds. The molecule has 1 aromatic rings. The van der Waals surface area contributed by atoms with Gasteiger partial charge in [-0.25, -0.2) is 4.79 Å². The van der Waals surface area contributed by atoms with Gasteiger partial charge in [0.05, 0.1) is 12.1 Å². The van der Waals surface area contributed by atoms with Crippen LogP contribution in [0.3, 0.4) is 0 Å². The molecule has 0 bridgehead atoms. The van der Waals surface area contributed by atoms with E-state index in [0.29, 0.717) is 5.02 Å². The maximum Gasteiger partial charge on any atom is 0.407 e. The Morgan fingerprint density at radius 3 is 2.00 bits per heavy atom. The number of halogens is 1. The topological polar surface area (TPSA) is 47.6 Å². The minimum Gasteiger partial charge on any atom is -0.444 e. The van der Waals surface area contributed by atoms with Crippen LogP contribution < -0.4 is 5.32 Å². The minimum atomic E-state index is -2.05. The van der Waals surface area contributed by atoms with Crippen molar-refractivity contribution in [2.75, 3.05) is 0 Å². The third kappa shape index (κ3) is 6.93. The average molecular weight is 400 g/mol. The van der Waals surface area contributed by atoms with Gasteiger partial charge in [0.2, 0.25) is 0 Å². The Hall–Kier alpha value is -1.04. The van der Waals surface area contributed by atoms with Crippen LogP contribution in [0, 0.1) is 0 Å². The second-order valence-corrected chi connectivity index (χ2v) is 14.5. The summed E-state index contributed by atoms with van der Waals surface area (Å²) in [6, 6.07) is 7.35. The van der Waals surface area contributed by atoms with Crippen molar-refractivity contribution in [2.45, 2.75) is 84.3 Å². The number of ether oxygens (including phenoxy) is 1. The van der Waals surface area contributed by atoms with E-state index in [1.165, 1.54) is 0 Å². The lowest BCUT2D eigenvalue weighted by Crippen LogP contribution is -2.47. The van der Waals surface area contributed by atoms with E-state index < -0.39 is 20.0 Å². The maximum absolute atomic E-state index is 12.2. The van der Waals surface area contributed by atoms with Crippen molar-refractivity contribution in [3.05, 3.63) is 34.9 Å². The van der Waals surface area contributed by atoms with Crippen LogP contribution in [0.2, 0.25) is 23.2 Å². The summed E-state index contributed by atoms with van der Waals surface area (Å²) in [6.07, 6.45) is -0.719. The maximum atomic E-state index is 12.2. The van der Waals surface area contributed by atoms with Gasteiger partial charge in [-0.1, -0.05) is 44.5 Å². The SMILES string of the molecule is CC(NC(=O)OC(C)(C)C)C(O[Si](C)(C)C(C)(C)C)c1ccc(Cl)cc1. The summed E-state index contributed by atoms with van der Waals surface area (Å²) >= 11 is 6.04. The number of amides is 1. The lowest BCUT2D eigenvalue weighted by atomic mass is 10.0. The molecule has 26 heavy (non-hydrogen) atoms. The van der Waals surface area contributed by atoms with Gasteiger partial charge < -0.3 is 14.5 Å². The Labute approximate surface area is 164 Å². The molecule has 0 fully saturated rings. The quantitative estimate of drug-likeness (QED) is 0.589. The highest BCUT2D eigenvalue weighted by Gasteiger charge is 2.41. The van der Waals surface area contributed by atoms with Gasteiger partial charge in [-0.05, 0) is 63.5 Å². The predicted octanol–water partition coefficient (Wildman–Crippen LogP) is 6.32. The Balaban J connectivity index is 3.08. The van der Waals surface area contributed by atoms with Crippen LogP contribution in [-0.4, -0.2) is 26.1 Å². The number of nitrogens with one attached hydrogen (secondary N) is 1. The molecule has 0 radical (unpaired) electrons. The summed E-state index contributed by atoms with van der Waals surface area (Å²) in [7, 11) is -2.05. The van der Waals surface area contributed by atoms with E-state index in [4.69, 9.17) is 20.8 Å². The first-order valence-corrected chi connectivity index (χ1v) is 12.3. The molecule has 1 rings (SSSR count). The van der Waals surface area contributed by atoms with Gasteiger partial charge in [-0.15, -0.1) is 0 Å². The van der Waals surface area contributed by atoms with Crippen LogP contribution in [-0.2, 0) is 9.16 Å². The molecule has 0 aliphatic heterocycles. The number of carbonyl (C=O) groups is 1. The Kier molecular flexibility index (Phi) is 7.36. The summed E-state index contributed by atoms with van der Waals surface area (Å²) in [4.78, 5) is 12.2. The standard InChI is InChI=1S/C20H34ClNO3Si/c1-14(22-18(23)24-19(2,3)4)17(15-10-12-16(21)13-11-15)25-26(8,9)20(5,6)7/h10-14,17H,1-9H3,(H,22,23). The van der Waals surface area contributed by atoms with Crippen LogP contribution in [0.4, 0.5) is 4.79 Å². The van der Waals surface area contributed by atoms with E-state index in [-0.39, 0.29) is 17.2 Å². The zero-order valence-electron chi connectivity index (χ0n) is 17.6. The molecule has 1 N–H and O–H groups in total. The van der Waals surface area contributed by atoms with Crippen LogP contribution in [0.25, 0.3) is 0 Å². The van der Waals surface area contributed by atoms with Crippen LogP contribution in [0.5, 0.6) is 0 Å². The molecule has 0 saturated carbocycles. The van der Waals surface area contributed by atoms with Crippen molar-refractivity contribution in [1.29, 1.82) is 0 Å². The molecule has 0 aliphatic carbocycles. The normalized spacial score (nSPS) is 15.3. The smallest absolute Gasteiger partial charge is 0.407 e. The third-order valence-corrected chi connectivity index (χ3v) is 9.33. The second kappa shape index (κ2) is 8.32. The van der Waals surface area contributed by atoms with E-state index in [2.05, 4.69) is 39.2 Å². The molecule has 0 aromatic heterocycles. The summed E-state index contributed by atoms with van der Waals surface area (Å²) in [5, 5.41) is 3.66. The predicted molar refractivity (Wildman–Crippen MR) is 111 cm³/mol. The van der Waals surface area contributed by atoms with E-state index in [1.54, 1.807) is 0 Å². The molecular weight excluding hydrogens is 366 g/mol. The largest absolute Gasteiger partial charge is 0.444 e. The van der Waals surface area contributed by atoms with Gasteiger partial charge in [0.25, 0.3) is 0 Å². The fourth-order valence-electron chi connectivity index (χ4n) is 2.17. The van der Waals surface area contributed by atoms with Gasteiger partial charge in [0.15, 0.2) is 8.32 Å². The zero-order chi connectivity index (χ0) is 20.3. The Morgan fingerprint density at radius 1 is 1.08 bits per heavy atom. The molecule has 0 saturated heterocycles. The first-order chi connectivity index (χ1) is 11.6. The number of carbonyl (C=O) groups excluding carboxylic acids is 1. The molecular formula is C20H34ClNO3Si. The number of rotatable bonds is 5. The van der Waals surface area contributed by atoms with E-state index >= 15 is 0 Å². The number of alkyl carbamates (subject to hydrolysis) is 1. The Morgan fingerprint density at radius 2 is 1.58 bits per heavy atom. The van der Waals surface area contributed by atoms with Crippen molar-refractivity contribution in [1.82, 2.24) is 5.32 Å². The van der Waals surface area contributed by atoms with Gasteiger partial charge in [-0.3, -0.25) is 0 Å². The molecule has 2 unspecified atom stereocenters. The van der Waals surface area contributed by atoms with Crippen LogP contribution in [0.15, 0.2) is 24.3 Å². The number of benzene rings is 1. The van der Waals surface area contributed by atoms with E-state index in [0.717, 1.165) is 5.56 Å². The Bertz CT molecular complexity index is 603. The molecule has 0 heterocycles. The summed E-state index contributed by atoms with van der Waals surface area (Å²) in [5.74, 6) is 0. The molecule has 2 atom stereocenters. The van der Waals surface area contributed by atoms with Crippen molar-refractivity contribution < 1.29 is 14.0 Å². The van der Waals surface area contributed by atoms with Gasteiger partial charge in [0, 0.05) is 5.02 Å².